The summed E-state index contributed by atoms with van der Waals surface area (Å²) in [7, 11) is -0.628. The van der Waals surface area contributed by atoms with Crippen molar-refractivity contribution in [2.45, 2.75) is 20.8 Å². The molecule has 4 heteroatoms. The maximum absolute atomic E-state index is 11.9. The lowest BCUT2D eigenvalue weighted by atomic mass is 9.90. The van der Waals surface area contributed by atoms with Crippen LogP contribution in [0.1, 0.15) is 27.0 Å². The van der Waals surface area contributed by atoms with Crippen LogP contribution in [0, 0.1) is 20.8 Å². The zero-order valence-corrected chi connectivity index (χ0v) is 12.5. The number of carbonyl (C=O) groups excluding carboxylic acids is 1. The predicted octanol–water partition coefficient (Wildman–Crippen LogP) is 4.64. The minimum Gasteiger partial charge on any atom is -0.369 e. The molecule has 2 aromatic carbocycles. The first-order chi connectivity index (χ1) is 9.56. The summed E-state index contributed by atoms with van der Waals surface area (Å²) in [6.45, 7) is 5.88. The SMILES string of the molecule is Cc1c(C(=O)OP=O)cc(-c2ccccc2)c(C)c1C. The highest BCUT2D eigenvalue weighted by molar-refractivity contribution is 7.18. The topological polar surface area (TPSA) is 43.4 Å². The van der Waals surface area contributed by atoms with Gasteiger partial charge in [0.1, 0.15) is 0 Å². The van der Waals surface area contributed by atoms with Crippen molar-refractivity contribution in [1.29, 1.82) is 0 Å². The Labute approximate surface area is 119 Å². The minimum atomic E-state index is -0.628. The molecular formula is C16H15O3P. The highest BCUT2D eigenvalue weighted by atomic mass is 31.1. The van der Waals surface area contributed by atoms with Gasteiger partial charge in [-0.15, -0.1) is 0 Å². The molecule has 0 aromatic heterocycles. The van der Waals surface area contributed by atoms with Crippen LogP contribution in [0.4, 0.5) is 0 Å². The summed E-state index contributed by atoms with van der Waals surface area (Å²) in [5.41, 5.74) is 5.52. The molecule has 0 atom stereocenters. The second-order valence-corrected chi connectivity index (χ2v) is 5.00. The van der Waals surface area contributed by atoms with Crippen molar-refractivity contribution in [2.24, 2.45) is 0 Å². The Morgan fingerprint density at radius 3 is 2.25 bits per heavy atom. The van der Waals surface area contributed by atoms with Crippen LogP contribution in [0.3, 0.4) is 0 Å². The summed E-state index contributed by atoms with van der Waals surface area (Å²) in [5, 5.41) is 0. The second-order valence-electron chi connectivity index (χ2n) is 4.67. The van der Waals surface area contributed by atoms with Crippen LogP contribution in [0.15, 0.2) is 36.4 Å². The molecule has 0 fully saturated rings. The molecule has 102 valence electrons. The Morgan fingerprint density at radius 2 is 1.65 bits per heavy atom. The molecule has 0 aliphatic heterocycles. The first kappa shape index (κ1) is 14.4. The van der Waals surface area contributed by atoms with Crippen molar-refractivity contribution < 1.29 is 13.9 Å². The number of rotatable bonds is 3. The quantitative estimate of drug-likeness (QED) is 0.772. The van der Waals surface area contributed by atoms with Crippen LogP contribution in [0.2, 0.25) is 0 Å². The molecule has 0 heterocycles. The Balaban J connectivity index is 2.65. The third-order valence-electron chi connectivity index (χ3n) is 3.65. The molecule has 2 aromatic rings. The molecule has 0 bridgehead atoms. The van der Waals surface area contributed by atoms with E-state index in [0.717, 1.165) is 27.8 Å². The molecule has 0 aliphatic rings. The smallest absolute Gasteiger partial charge is 0.369 e. The highest BCUT2D eigenvalue weighted by Gasteiger charge is 2.17. The lowest BCUT2D eigenvalue weighted by Crippen LogP contribution is -2.05. The van der Waals surface area contributed by atoms with Crippen LogP contribution in [0.5, 0.6) is 0 Å². The molecule has 0 amide bonds. The van der Waals surface area contributed by atoms with E-state index >= 15 is 0 Å². The van der Waals surface area contributed by atoms with Gasteiger partial charge in [0.2, 0.25) is 0 Å². The van der Waals surface area contributed by atoms with E-state index in [1.165, 1.54) is 0 Å². The van der Waals surface area contributed by atoms with Crippen molar-refractivity contribution in [3.63, 3.8) is 0 Å². The van der Waals surface area contributed by atoms with E-state index in [4.69, 9.17) is 0 Å². The van der Waals surface area contributed by atoms with Gasteiger partial charge in [0, 0.05) is 0 Å². The van der Waals surface area contributed by atoms with Crippen LogP contribution in [0.25, 0.3) is 11.1 Å². The fraction of sp³-hybridized carbons (Fsp3) is 0.188. The molecule has 20 heavy (non-hydrogen) atoms. The molecule has 2 rings (SSSR count). The molecule has 0 unspecified atom stereocenters. The van der Waals surface area contributed by atoms with Gasteiger partial charge < -0.3 is 4.52 Å². The van der Waals surface area contributed by atoms with Crippen molar-refractivity contribution in [3.8, 4) is 11.1 Å². The summed E-state index contributed by atoms with van der Waals surface area (Å²) in [5.74, 6) is -0.570. The van der Waals surface area contributed by atoms with Gasteiger partial charge in [0.15, 0.2) is 0 Å². The number of benzene rings is 2. The largest absolute Gasteiger partial charge is 0.398 e. The van der Waals surface area contributed by atoms with Crippen molar-refractivity contribution in [3.05, 3.63) is 58.7 Å². The highest BCUT2D eigenvalue weighted by Crippen LogP contribution is 2.30. The molecule has 0 saturated heterocycles. The van der Waals surface area contributed by atoms with E-state index in [0.29, 0.717) is 5.56 Å². The fourth-order valence-electron chi connectivity index (χ4n) is 2.26. The summed E-state index contributed by atoms with van der Waals surface area (Å²) in [6, 6.07) is 11.7. The van der Waals surface area contributed by atoms with Gasteiger partial charge in [-0.3, -0.25) is 0 Å². The van der Waals surface area contributed by atoms with Crippen molar-refractivity contribution in [1.82, 2.24) is 0 Å². The monoisotopic (exact) mass is 286 g/mol. The van der Waals surface area contributed by atoms with Crippen LogP contribution in [-0.4, -0.2) is 5.97 Å². The van der Waals surface area contributed by atoms with Crippen LogP contribution in [-0.2, 0) is 9.09 Å². The minimum absolute atomic E-state index is 0.454. The number of carbonyl (C=O) groups is 1. The van der Waals surface area contributed by atoms with Crippen LogP contribution < -0.4 is 0 Å². The average Bonchev–Trinajstić information content (AvgIpc) is 2.46. The second kappa shape index (κ2) is 5.98. The zero-order valence-electron chi connectivity index (χ0n) is 11.6. The molecule has 0 aliphatic carbocycles. The van der Waals surface area contributed by atoms with E-state index in [-0.39, 0.29) is 0 Å². The maximum atomic E-state index is 11.9. The average molecular weight is 286 g/mol. The van der Waals surface area contributed by atoms with Gasteiger partial charge in [0.05, 0.1) is 5.56 Å². The Bertz CT molecular complexity index is 663. The zero-order chi connectivity index (χ0) is 14.7. The third kappa shape index (κ3) is 2.63. The first-order valence-electron chi connectivity index (χ1n) is 6.26. The van der Waals surface area contributed by atoms with Gasteiger partial charge >= 0.3 is 14.7 Å². The van der Waals surface area contributed by atoms with E-state index in [1.807, 2.05) is 51.1 Å². The summed E-state index contributed by atoms with van der Waals surface area (Å²) >= 11 is 0. The summed E-state index contributed by atoms with van der Waals surface area (Å²) < 4.78 is 15.0. The van der Waals surface area contributed by atoms with Gasteiger partial charge in [-0.25, -0.2) is 9.36 Å². The van der Waals surface area contributed by atoms with Crippen molar-refractivity contribution >= 4 is 14.7 Å². The third-order valence-corrected chi connectivity index (χ3v) is 3.89. The number of hydrogen-bond donors (Lipinski definition) is 0. The Kier molecular flexibility index (Phi) is 4.31. The normalized spacial score (nSPS) is 10.6. The van der Waals surface area contributed by atoms with Gasteiger partial charge in [-0.2, -0.15) is 0 Å². The van der Waals surface area contributed by atoms with Gasteiger partial charge in [-0.05, 0) is 54.7 Å². The van der Waals surface area contributed by atoms with E-state index in [2.05, 4.69) is 4.52 Å². The van der Waals surface area contributed by atoms with Crippen LogP contribution >= 0.6 is 8.69 Å². The summed E-state index contributed by atoms with van der Waals surface area (Å²) in [4.78, 5) is 11.9. The van der Waals surface area contributed by atoms with Gasteiger partial charge in [-0.1, -0.05) is 30.3 Å². The molecular weight excluding hydrogens is 271 g/mol. The lowest BCUT2D eigenvalue weighted by Gasteiger charge is -2.15. The summed E-state index contributed by atoms with van der Waals surface area (Å²) in [6.07, 6.45) is 0. The molecule has 0 radical (unpaired) electrons. The molecule has 0 N–H and O–H groups in total. The number of hydrogen-bond acceptors (Lipinski definition) is 3. The van der Waals surface area contributed by atoms with E-state index in [9.17, 15) is 9.36 Å². The van der Waals surface area contributed by atoms with E-state index < -0.39 is 14.7 Å². The lowest BCUT2D eigenvalue weighted by molar-refractivity contribution is 0.0755. The van der Waals surface area contributed by atoms with Crippen molar-refractivity contribution in [2.75, 3.05) is 0 Å². The van der Waals surface area contributed by atoms with E-state index in [1.54, 1.807) is 6.07 Å². The van der Waals surface area contributed by atoms with Gasteiger partial charge in [0.25, 0.3) is 0 Å². The first-order valence-corrected chi connectivity index (χ1v) is 6.99. The maximum Gasteiger partial charge on any atom is 0.398 e. The predicted molar refractivity (Wildman–Crippen MR) is 79.1 cm³/mol. The Hall–Kier alpha value is -1.99. The molecule has 0 spiro atoms. The molecule has 3 nitrogen and oxygen atoms in total. The fourth-order valence-corrected chi connectivity index (χ4v) is 2.42. The Morgan fingerprint density at radius 1 is 1.00 bits per heavy atom. The molecule has 0 saturated carbocycles. The standard InChI is InChI=1S/C16H15O3P/c1-10-11(2)14(13-7-5-4-6-8-13)9-15(12(10)3)16(17)19-20-18/h4-9H,1-3H3.